The van der Waals surface area contributed by atoms with Crippen molar-refractivity contribution in [2.75, 3.05) is 13.7 Å². The van der Waals surface area contributed by atoms with Crippen molar-refractivity contribution in [2.24, 2.45) is 12.0 Å². The Kier molecular flexibility index (Phi) is 6.17. The Labute approximate surface area is 143 Å². The van der Waals surface area contributed by atoms with Gasteiger partial charge in [-0.2, -0.15) is 5.10 Å². The number of guanidine groups is 1. The smallest absolute Gasteiger partial charge is 0.191 e. The van der Waals surface area contributed by atoms with Crippen molar-refractivity contribution in [3.05, 3.63) is 41.0 Å². The predicted octanol–water partition coefficient (Wildman–Crippen LogP) is 1.70. The molecule has 2 aromatic heterocycles. The Morgan fingerprint density at radius 1 is 1.33 bits per heavy atom. The number of aliphatic imine (C=N–C) groups is 1. The van der Waals surface area contributed by atoms with Crippen molar-refractivity contribution < 1.29 is 4.74 Å². The molecule has 0 fully saturated rings. The van der Waals surface area contributed by atoms with E-state index in [-0.39, 0.29) is 0 Å². The van der Waals surface area contributed by atoms with E-state index in [2.05, 4.69) is 25.7 Å². The zero-order chi connectivity index (χ0) is 17.5. The van der Waals surface area contributed by atoms with Crippen LogP contribution in [0.3, 0.4) is 0 Å². The highest BCUT2D eigenvalue weighted by Crippen LogP contribution is 2.24. The Hall–Kier alpha value is -2.57. The highest BCUT2D eigenvalue weighted by atomic mass is 16.5. The van der Waals surface area contributed by atoms with Crippen LogP contribution in [0.1, 0.15) is 29.4 Å². The zero-order valence-corrected chi connectivity index (χ0v) is 15.1. The molecule has 0 saturated heterocycles. The zero-order valence-electron chi connectivity index (χ0n) is 15.1. The van der Waals surface area contributed by atoms with Crippen LogP contribution in [0.4, 0.5) is 0 Å². The Balaban J connectivity index is 2.09. The largest absolute Gasteiger partial charge is 0.496 e. The first kappa shape index (κ1) is 17.8. The van der Waals surface area contributed by atoms with Crippen LogP contribution in [0, 0.1) is 13.8 Å². The summed E-state index contributed by atoms with van der Waals surface area (Å²) in [6.45, 7) is 7.99. The van der Waals surface area contributed by atoms with Gasteiger partial charge in [0.25, 0.3) is 0 Å². The number of methoxy groups -OCH3 is 1. The maximum atomic E-state index is 5.45. The fourth-order valence-corrected chi connectivity index (χ4v) is 2.48. The molecule has 2 N–H and O–H groups in total. The van der Waals surface area contributed by atoms with Crippen LogP contribution < -0.4 is 15.4 Å². The molecule has 7 nitrogen and oxygen atoms in total. The number of ether oxygens (including phenoxy) is 1. The van der Waals surface area contributed by atoms with Crippen molar-refractivity contribution >= 4 is 5.96 Å². The molecule has 2 rings (SSSR count). The summed E-state index contributed by atoms with van der Waals surface area (Å²) in [6.07, 6.45) is 3.61. The Bertz CT molecular complexity index is 707. The highest BCUT2D eigenvalue weighted by Gasteiger charge is 2.09. The molecule has 130 valence electrons. The van der Waals surface area contributed by atoms with E-state index in [4.69, 9.17) is 4.74 Å². The minimum atomic E-state index is 0.489. The van der Waals surface area contributed by atoms with E-state index in [0.717, 1.165) is 40.8 Å². The van der Waals surface area contributed by atoms with Crippen molar-refractivity contribution in [3.8, 4) is 5.75 Å². The van der Waals surface area contributed by atoms with Crippen LogP contribution in [0.15, 0.2) is 23.5 Å². The molecule has 2 heterocycles. The second-order valence-electron chi connectivity index (χ2n) is 5.54. The van der Waals surface area contributed by atoms with Gasteiger partial charge < -0.3 is 15.4 Å². The molecular weight excluding hydrogens is 304 g/mol. The lowest BCUT2D eigenvalue weighted by molar-refractivity contribution is 0.407. The molecule has 0 atom stereocenters. The van der Waals surface area contributed by atoms with Gasteiger partial charge in [0.2, 0.25) is 0 Å². The topological polar surface area (TPSA) is 76.4 Å². The fourth-order valence-electron chi connectivity index (χ4n) is 2.48. The summed E-state index contributed by atoms with van der Waals surface area (Å²) in [5.74, 6) is 1.63. The quantitative estimate of drug-likeness (QED) is 0.623. The van der Waals surface area contributed by atoms with E-state index in [1.54, 1.807) is 13.3 Å². The van der Waals surface area contributed by atoms with Gasteiger partial charge in [0.1, 0.15) is 5.75 Å². The maximum absolute atomic E-state index is 5.45. The summed E-state index contributed by atoms with van der Waals surface area (Å²) in [5.41, 5.74) is 4.06. The third kappa shape index (κ3) is 4.24. The van der Waals surface area contributed by atoms with Gasteiger partial charge in [0, 0.05) is 37.1 Å². The molecule has 0 radical (unpaired) electrons. The average molecular weight is 330 g/mol. The SMILES string of the molecule is CCNC(=NCc1ncc(C)c(OC)c1C)NCc1ccnn1C. The normalized spacial score (nSPS) is 11.5. The fraction of sp³-hybridized carbons (Fsp3) is 0.471. The van der Waals surface area contributed by atoms with E-state index < -0.39 is 0 Å². The van der Waals surface area contributed by atoms with Crippen LogP contribution in [-0.2, 0) is 20.1 Å². The number of hydrogen-bond donors (Lipinski definition) is 2. The van der Waals surface area contributed by atoms with Crippen LogP contribution in [0.25, 0.3) is 0 Å². The Morgan fingerprint density at radius 2 is 2.12 bits per heavy atom. The minimum absolute atomic E-state index is 0.489. The first-order valence-corrected chi connectivity index (χ1v) is 8.05. The molecule has 0 unspecified atom stereocenters. The van der Waals surface area contributed by atoms with E-state index in [1.165, 1.54) is 0 Å². The van der Waals surface area contributed by atoms with Gasteiger partial charge in [-0.25, -0.2) is 4.99 Å². The van der Waals surface area contributed by atoms with Crippen molar-refractivity contribution in [1.29, 1.82) is 0 Å². The van der Waals surface area contributed by atoms with Gasteiger partial charge in [0.15, 0.2) is 5.96 Å². The van der Waals surface area contributed by atoms with Crippen molar-refractivity contribution in [3.63, 3.8) is 0 Å². The average Bonchev–Trinajstić information content (AvgIpc) is 2.97. The number of pyridine rings is 1. The molecule has 0 aromatic carbocycles. The van der Waals surface area contributed by atoms with E-state index in [1.807, 2.05) is 44.8 Å². The lowest BCUT2D eigenvalue weighted by Gasteiger charge is -2.13. The first-order chi connectivity index (χ1) is 11.6. The third-order valence-corrected chi connectivity index (χ3v) is 3.84. The summed E-state index contributed by atoms with van der Waals surface area (Å²) in [6, 6.07) is 1.98. The molecule has 0 amide bonds. The van der Waals surface area contributed by atoms with E-state index >= 15 is 0 Å². The van der Waals surface area contributed by atoms with E-state index in [0.29, 0.717) is 13.1 Å². The van der Waals surface area contributed by atoms with Gasteiger partial charge in [-0.3, -0.25) is 9.67 Å². The summed E-state index contributed by atoms with van der Waals surface area (Å²) >= 11 is 0. The maximum Gasteiger partial charge on any atom is 0.191 e. The molecule has 7 heteroatoms. The second-order valence-corrected chi connectivity index (χ2v) is 5.54. The standard InChI is InChI=1S/C17H26N6O/c1-6-18-17(20-10-14-7-8-22-23(14)4)21-11-15-13(3)16(24-5)12(2)9-19-15/h7-9H,6,10-11H2,1-5H3,(H2,18,20,21). The molecule has 0 aliphatic rings. The van der Waals surface area contributed by atoms with Gasteiger partial charge in [-0.1, -0.05) is 0 Å². The lowest BCUT2D eigenvalue weighted by Crippen LogP contribution is -2.37. The predicted molar refractivity (Wildman–Crippen MR) is 95.1 cm³/mol. The van der Waals surface area contributed by atoms with Gasteiger partial charge in [0.05, 0.1) is 31.6 Å². The van der Waals surface area contributed by atoms with Crippen molar-refractivity contribution in [1.82, 2.24) is 25.4 Å². The molecule has 0 bridgehead atoms. The Morgan fingerprint density at radius 3 is 2.75 bits per heavy atom. The first-order valence-electron chi connectivity index (χ1n) is 8.05. The summed E-state index contributed by atoms with van der Waals surface area (Å²) in [7, 11) is 3.61. The monoisotopic (exact) mass is 330 g/mol. The molecule has 0 aliphatic heterocycles. The molecular formula is C17H26N6O. The number of aryl methyl sites for hydroxylation is 2. The van der Waals surface area contributed by atoms with E-state index in [9.17, 15) is 0 Å². The molecule has 0 spiro atoms. The molecule has 24 heavy (non-hydrogen) atoms. The van der Waals surface area contributed by atoms with Gasteiger partial charge >= 0.3 is 0 Å². The van der Waals surface area contributed by atoms with Crippen LogP contribution in [0.2, 0.25) is 0 Å². The van der Waals surface area contributed by atoms with Gasteiger partial charge in [-0.05, 0) is 26.8 Å². The number of nitrogens with one attached hydrogen (secondary N) is 2. The second kappa shape index (κ2) is 8.33. The third-order valence-electron chi connectivity index (χ3n) is 3.84. The molecule has 2 aromatic rings. The van der Waals surface area contributed by atoms with Gasteiger partial charge in [-0.15, -0.1) is 0 Å². The number of nitrogens with zero attached hydrogens (tertiary/aromatic N) is 4. The van der Waals surface area contributed by atoms with Crippen LogP contribution in [0.5, 0.6) is 5.75 Å². The van der Waals surface area contributed by atoms with Crippen molar-refractivity contribution in [2.45, 2.75) is 33.9 Å². The molecule has 0 saturated carbocycles. The number of hydrogen-bond acceptors (Lipinski definition) is 4. The number of rotatable bonds is 6. The highest BCUT2D eigenvalue weighted by molar-refractivity contribution is 5.79. The minimum Gasteiger partial charge on any atom is -0.496 e. The van der Waals surface area contributed by atoms with Crippen LogP contribution in [-0.4, -0.2) is 34.4 Å². The summed E-state index contributed by atoms with van der Waals surface area (Å²) in [4.78, 5) is 9.11. The molecule has 0 aliphatic carbocycles. The summed E-state index contributed by atoms with van der Waals surface area (Å²) in [5, 5.41) is 10.7. The number of aromatic nitrogens is 3. The van der Waals surface area contributed by atoms with Crippen LogP contribution >= 0.6 is 0 Å². The lowest BCUT2D eigenvalue weighted by atomic mass is 10.1. The summed E-state index contributed by atoms with van der Waals surface area (Å²) < 4.78 is 7.29.